The van der Waals surface area contributed by atoms with Crippen molar-refractivity contribution in [3.05, 3.63) is 162 Å². The minimum Gasteiger partial charge on any atom is -0.310 e. The number of benzene rings is 6. The molecule has 2 heterocycles. The van der Waals surface area contributed by atoms with Crippen LogP contribution in [0.15, 0.2) is 140 Å². The molecule has 1 aliphatic rings. The Hall–Kier alpha value is -5.59. The fraction of sp³-hybridized carbons (Fsp3) is 0.0750. The number of nitrogens with zero attached hydrogens (tertiary/aromatic N) is 3. The van der Waals surface area contributed by atoms with Gasteiger partial charge in [0.1, 0.15) is 0 Å². The third kappa shape index (κ3) is 3.81. The van der Waals surface area contributed by atoms with Gasteiger partial charge in [0.05, 0.1) is 29.0 Å². The van der Waals surface area contributed by atoms with Crippen molar-refractivity contribution >= 4 is 44.6 Å². The number of rotatable bonds is 3. The predicted molar refractivity (Wildman–Crippen MR) is 179 cm³/mol. The van der Waals surface area contributed by atoms with E-state index in [1.807, 2.05) is 12.1 Å². The molecular weight excluding hydrogens is 522 g/mol. The highest BCUT2D eigenvalue weighted by Crippen LogP contribution is 2.51. The van der Waals surface area contributed by atoms with E-state index in [0.717, 1.165) is 33.2 Å². The van der Waals surface area contributed by atoms with Crippen LogP contribution in [0.25, 0.3) is 43.5 Å². The molecule has 6 aromatic carbocycles. The fourth-order valence-corrected chi connectivity index (χ4v) is 6.86. The van der Waals surface area contributed by atoms with Crippen LogP contribution in [-0.4, -0.2) is 4.57 Å². The Labute approximate surface area is 251 Å². The first-order valence-electron chi connectivity index (χ1n) is 14.7. The van der Waals surface area contributed by atoms with Gasteiger partial charge in [-0.2, -0.15) is 0 Å². The minimum atomic E-state index is -0.0685. The normalized spacial score (nSPS) is 13.5. The molecule has 0 bridgehead atoms. The van der Waals surface area contributed by atoms with E-state index in [9.17, 15) is 0 Å². The average Bonchev–Trinajstić information content (AvgIpc) is 3.39. The summed E-state index contributed by atoms with van der Waals surface area (Å²) in [4.78, 5) is 6.05. The third-order valence-electron chi connectivity index (χ3n) is 9.01. The van der Waals surface area contributed by atoms with E-state index < -0.39 is 0 Å². The molecule has 1 aliphatic heterocycles. The molecule has 0 unspecified atom stereocenters. The van der Waals surface area contributed by atoms with Crippen molar-refractivity contribution in [1.82, 2.24) is 4.57 Å². The molecule has 0 spiro atoms. The molecule has 8 rings (SSSR count). The molecule has 1 aromatic heterocycles. The molecule has 0 fully saturated rings. The molecule has 0 saturated heterocycles. The summed E-state index contributed by atoms with van der Waals surface area (Å²) < 4.78 is 2.29. The van der Waals surface area contributed by atoms with Gasteiger partial charge in [0, 0.05) is 22.2 Å². The molecular formula is C40H29N3. The van der Waals surface area contributed by atoms with Crippen molar-refractivity contribution in [2.45, 2.75) is 19.3 Å². The first kappa shape index (κ1) is 25.1. The second-order valence-corrected chi connectivity index (χ2v) is 11.8. The van der Waals surface area contributed by atoms with Crippen LogP contribution in [0.1, 0.15) is 25.0 Å². The lowest BCUT2D eigenvalue weighted by atomic mass is 9.73. The summed E-state index contributed by atoms with van der Waals surface area (Å²) in [6, 6.07) is 49.6. The first-order chi connectivity index (χ1) is 21.0. The minimum absolute atomic E-state index is 0.0685. The molecule has 0 atom stereocenters. The lowest BCUT2D eigenvalue weighted by Gasteiger charge is -2.42. The van der Waals surface area contributed by atoms with Crippen molar-refractivity contribution in [2.24, 2.45) is 0 Å². The number of hydrogen-bond donors (Lipinski definition) is 0. The van der Waals surface area contributed by atoms with Gasteiger partial charge in [-0.15, -0.1) is 0 Å². The summed E-state index contributed by atoms with van der Waals surface area (Å²) in [7, 11) is 0. The number of fused-ring (bicyclic) bond motifs is 5. The van der Waals surface area contributed by atoms with Crippen molar-refractivity contribution in [3.63, 3.8) is 0 Å². The Balaban J connectivity index is 1.17. The second kappa shape index (κ2) is 9.48. The Morgan fingerprint density at radius 3 is 1.70 bits per heavy atom. The highest BCUT2D eigenvalue weighted by molar-refractivity contribution is 6.10. The summed E-state index contributed by atoms with van der Waals surface area (Å²) in [6.07, 6.45) is 0. The molecule has 7 aromatic rings. The SMILES string of the molecule is [C-]#[N+]c1ccc2c(c1)c1ccccc1n2-c1ccc(-c2ccc(N3c4ccccc4C(C)(C)c4ccccc43)cc2)cc1. The van der Waals surface area contributed by atoms with Gasteiger partial charge in [0.2, 0.25) is 0 Å². The smallest absolute Gasteiger partial charge is 0.188 e. The van der Waals surface area contributed by atoms with Crippen molar-refractivity contribution < 1.29 is 0 Å². The maximum Gasteiger partial charge on any atom is 0.188 e. The predicted octanol–water partition coefficient (Wildman–Crippen LogP) is 11.1. The highest BCUT2D eigenvalue weighted by atomic mass is 15.2. The molecule has 0 saturated carbocycles. The Morgan fingerprint density at radius 2 is 1.07 bits per heavy atom. The van der Waals surface area contributed by atoms with Crippen LogP contribution >= 0.6 is 0 Å². The molecule has 0 aliphatic carbocycles. The van der Waals surface area contributed by atoms with Crippen LogP contribution in [0.3, 0.4) is 0 Å². The molecule has 3 nitrogen and oxygen atoms in total. The highest BCUT2D eigenvalue weighted by Gasteiger charge is 2.36. The molecule has 0 N–H and O–H groups in total. The van der Waals surface area contributed by atoms with Gasteiger partial charge in [-0.25, -0.2) is 4.85 Å². The summed E-state index contributed by atoms with van der Waals surface area (Å²) in [6.45, 7) is 12.1. The number of anilines is 3. The van der Waals surface area contributed by atoms with Crippen molar-refractivity contribution in [3.8, 4) is 16.8 Å². The second-order valence-electron chi connectivity index (χ2n) is 11.8. The number of para-hydroxylation sites is 3. The van der Waals surface area contributed by atoms with Crippen LogP contribution < -0.4 is 4.90 Å². The number of hydrogen-bond acceptors (Lipinski definition) is 1. The largest absolute Gasteiger partial charge is 0.310 e. The molecule has 0 radical (unpaired) electrons. The lowest BCUT2D eigenvalue weighted by molar-refractivity contribution is 0.632. The van der Waals surface area contributed by atoms with E-state index in [-0.39, 0.29) is 5.41 Å². The van der Waals surface area contributed by atoms with Gasteiger partial charge in [-0.05, 0) is 82.2 Å². The zero-order valence-corrected chi connectivity index (χ0v) is 24.1. The third-order valence-corrected chi connectivity index (χ3v) is 9.01. The molecule has 204 valence electrons. The Kier molecular flexibility index (Phi) is 5.54. The monoisotopic (exact) mass is 551 g/mol. The fourth-order valence-electron chi connectivity index (χ4n) is 6.86. The van der Waals surface area contributed by atoms with Crippen LogP contribution in [0.4, 0.5) is 22.7 Å². The summed E-state index contributed by atoms with van der Waals surface area (Å²) in [5.74, 6) is 0. The summed E-state index contributed by atoms with van der Waals surface area (Å²) >= 11 is 0. The van der Waals surface area contributed by atoms with E-state index in [1.54, 1.807) is 0 Å². The Bertz CT molecular complexity index is 2160. The van der Waals surface area contributed by atoms with Gasteiger partial charge < -0.3 is 9.47 Å². The summed E-state index contributed by atoms with van der Waals surface area (Å²) in [5.41, 5.74) is 12.6. The van der Waals surface area contributed by atoms with Crippen LogP contribution in [0, 0.1) is 6.57 Å². The summed E-state index contributed by atoms with van der Waals surface area (Å²) in [5, 5.41) is 2.26. The van der Waals surface area contributed by atoms with Crippen LogP contribution in [-0.2, 0) is 5.41 Å². The Morgan fingerprint density at radius 1 is 0.535 bits per heavy atom. The van der Waals surface area contributed by atoms with Crippen molar-refractivity contribution in [1.29, 1.82) is 0 Å². The maximum atomic E-state index is 7.47. The number of aromatic nitrogens is 1. The molecule has 3 heteroatoms. The topological polar surface area (TPSA) is 12.5 Å². The standard InChI is InChI=1S/C40H29N3/c1-40(2)34-11-5-8-14-38(34)43(39-15-9-6-12-35(39)40)31-23-18-28(19-24-31)27-16-21-30(22-17-27)42-36-13-7-4-10-32(36)33-26-29(41-3)20-25-37(33)42/h4-26H,1-2H3. The zero-order chi connectivity index (χ0) is 29.1. The molecule has 43 heavy (non-hydrogen) atoms. The van der Waals surface area contributed by atoms with Gasteiger partial charge in [-0.3, -0.25) is 0 Å². The zero-order valence-electron chi connectivity index (χ0n) is 24.1. The van der Waals surface area contributed by atoms with Gasteiger partial charge in [-0.1, -0.05) is 98.8 Å². The van der Waals surface area contributed by atoms with Gasteiger partial charge >= 0.3 is 0 Å². The maximum absolute atomic E-state index is 7.47. The van der Waals surface area contributed by atoms with E-state index in [0.29, 0.717) is 5.69 Å². The van der Waals surface area contributed by atoms with Gasteiger partial charge in [0.25, 0.3) is 0 Å². The average molecular weight is 552 g/mol. The van der Waals surface area contributed by atoms with E-state index in [2.05, 4.69) is 156 Å². The van der Waals surface area contributed by atoms with E-state index in [1.165, 1.54) is 33.6 Å². The van der Waals surface area contributed by atoms with E-state index >= 15 is 0 Å². The van der Waals surface area contributed by atoms with Crippen LogP contribution in [0.2, 0.25) is 0 Å². The first-order valence-corrected chi connectivity index (χ1v) is 14.7. The van der Waals surface area contributed by atoms with Crippen molar-refractivity contribution in [2.75, 3.05) is 4.90 Å². The van der Waals surface area contributed by atoms with E-state index in [4.69, 9.17) is 6.57 Å². The molecule has 0 amide bonds. The lowest BCUT2D eigenvalue weighted by Crippen LogP contribution is -2.30. The van der Waals surface area contributed by atoms with Crippen LogP contribution in [0.5, 0.6) is 0 Å². The quantitative estimate of drug-likeness (QED) is 0.199. The van der Waals surface area contributed by atoms with Gasteiger partial charge in [0.15, 0.2) is 5.69 Å².